The van der Waals surface area contributed by atoms with Crippen molar-refractivity contribution in [3.8, 4) is 0 Å². The van der Waals surface area contributed by atoms with E-state index in [1.807, 2.05) is 6.92 Å². The number of hydrogen-bond donors (Lipinski definition) is 1. The molecule has 1 aliphatic heterocycles. The van der Waals surface area contributed by atoms with Crippen LogP contribution in [0.15, 0.2) is 6.20 Å². The van der Waals surface area contributed by atoms with Gasteiger partial charge in [-0.15, -0.1) is 5.10 Å². The number of nitrogens with one attached hydrogen (secondary N) is 1. The highest BCUT2D eigenvalue weighted by molar-refractivity contribution is 5.86. The van der Waals surface area contributed by atoms with Crippen LogP contribution >= 0.6 is 0 Å². The average molecular weight is 254 g/mol. The highest BCUT2D eigenvalue weighted by atomic mass is 16.6. The summed E-state index contributed by atoms with van der Waals surface area (Å²) in [7, 11) is 0. The summed E-state index contributed by atoms with van der Waals surface area (Å²) in [5, 5.41) is 10.9. The summed E-state index contributed by atoms with van der Waals surface area (Å²) in [4.78, 5) is 11.8. The maximum absolute atomic E-state index is 11.8. The summed E-state index contributed by atoms with van der Waals surface area (Å²) >= 11 is 0. The second-order valence-electron chi connectivity index (χ2n) is 4.27. The van der Waals surface area contributed by atoms with Gasteiger partial charge in [-0.3, -0.25) is 0 Å². The van der Waals surface area contributed by atoms with Crippen molar-refractivity contribution in [1.82, 2.24) is 20.3 Å². The Hall–Kier alpha value is -1.47. The second-order valence-corrected chi connectivity index (χ2v) is 4.27. The molecule has 0 amide bonds. The molecule has 1 aromatic rings. The van der Waals surface area contributed by atoms with Crippen molar-refractivity contribution in [2.45, 2.75) is 26.0 Å². The van der Waals surface area contributed by atoms with Gasteiger partial charge >= 0.3 is 5.97 Å². The Morgan fingerprint density at radius 3 is 3.06 bits per heavy atom. The molecule has 2 rings (SSSR count). The van der Waals surface area contributed by atoms with Crippen molar-refractivity contribution in [2.75, 3.05) is 26.3 Å². The van der Waals surface area contributed by atoms with E-state index in [1.165, 1.54) is 0 Å². The minimum absolute atomic E-state index is 0.241. The van der Waals surface area contributed by atoms with E-state index in [2.05, 4.69) is 15.6 Å². The van der Waals surface area contributed by atoms with Gasteiger partial charge in [-0.1, -0.05) is 5.21 Å². The molecular formula is C11H18N4O3. The summed E-state index contributed by atoms with van der Waals surface area (Å²) in [6.45, 7) is 6.40. The molecule has 0 bridgehead atoms. The number of nitrogens with zero attached hydrogens (tertiary/aromatic N) is 3. The molecule has 100 valence electrons. The first-order valence-electron chi connectivity index (χ1n) is 6.12. The molecule has 1 saturated heterocycles. The molecule has 1 N–H and O–H groups in total. The van der Waals surface area contributed by atoms with Crippen molar-refractivity contribution in [1.29, 1.82) is 0 Å². The monoisotopic (exact) mass is 254 g/mol. The lowest BCUT2D eigenvalue weighted by Crippen LogP contribution is -2.43. The van der Waals surface area contributed by atoms with Crippen molar-refractivity contribution in [3.63, 3.8) is 0 Å². The molecule has 2 heterocycles. The number of carbonyl (C=O) groups is 1. The Balaban J connectivity index is 1.86. The molecule has 7 nitrogen and oxygen atoms in total. The molecule has 1 aromatic heterocycles. The number of carbonyl (C=O) groups excluding carboxylic acids is 1. The van der Waals surface area contributed by atoms with E-state index in [9.17, 15) is 4.79 Å². The Morgan fingerprint density at radius 1 is 1.67 bits per heavy atom. The SMILES string of the molecule is CCOCC(C)OC(=O)c1cn(C2CNC2)nn1. The maximum Gasteiger partial charge on any atom is 0.360 e. The Bertz CT molecular complexity index is 403. The highest BCUT2D eigenvalue weighted by Gasteiger charge is 2.22. The molecular weight excluding hydrogens is 236 g/mol. The van der Waals surface area contributed by atoms with E-state index in [0.29, 0.717) is 19.3 Å². The minimum atomic E-state index is -0.458. The molecule has 0 radical (unpaired) electrons. The summed E-state index contributed by atoms with van der Waals surface area (Å²) in [6.07, 6.45) is 1.34. The highest BCUT2D eigenvalue weighted by Crippen LogP contribution is 2.10. The fraction of sp³-hybridized carbons (Fsp3) is 0.727. The van der Waals surface area contributed by atoms with Gasteiger partial charge in [0.2, 0.25) is 0 Å². The average Bonchev–Trinajstić information content (AvgIpc) is 2.73. The summed E-state index contributed by atoms with van der Waals surface area (Å²) in [6, 6.07) is 0.292. The van der Waals surface area contributed by atoms with Crippen LogP contribution in [0.1, 0.15) is 30.4 Å². The number of rotatable bonds is 6. The van der Waals surface area contributed by atoms with Crippen LogP contribution in [0.25, 0.3) is 0 Å². The van der Waals surface area contributed by atoms with Gasteiger partial charge in [0.25, 0.3) is 0 Å². The van der Waals surface area contributed by atoms with E-state index >= 15 is 0 Å². The number of ether oxygens (including phenoxy) is 2. The van der Waals surface area contributed by atoms with Crippen molar-refractivity contribution in [3.05, 3.63) is 11.9 Å². The molecule has 1 atom stereocenters. The molecule has 1 fully saturated rings. The van der Waals surface area contributed by atoms with Gasteiger partial charge in [0, 0.05) is 19.7 Å². The predicted octanol–water partition coefficient (Wildman–Crippen LogP) is 0.00420. The summed E-state index contributed by atoms with van der Waals surface area (Å²) in [5.74, 6) is -0.458. The van der Waals surface area contributed by atoms with Gasteiger partial charge in [-0.2, -0.15) is 0 Å². The maximum atomic E-state index is 11.8. The zero-order chi connectivity index (χ0) is 13.0. The van der Waals surface area contributed by atoms with Crippen molar-refractivity contribution < 1.29 is 14.3 Å². The van der Waals surface area contributed by atoms with Crippen LogP contribution in [0.2, 0.25) is 0 Å². The van der Waals surface area contributed by atoms with Crippen molar-refractivity contribution >= 4 is 5.97 Å². The normalized spacial score (nSPS) is 17.2. The molecule has 1 unspecified atom stereocenters. The summed E-state index contributed by atoms with van der Waals surface area (Å²) in [5.41, 5.74) is 0.241. The predicted molar refractivity (Wildman–Crippen MR) is 63.3 cm³/mol. The molecule has 0 aliphatic carbocycles. The molecule has 0 spiro atoms. The third-order valence-corrected chi connectivity index (χ3v) is 2.72. The fourth-order valence-electron chi connectivity index (χ4n) is 1.57. The largest absolute Gasteiger partial charge is 0.455 e. The van der Waals surface area contributed by atoms with Crippen LogP contribution in [0, 0.1) is 0 Å². The van der Waals surface area contributed by atoms with Gasteiger partial charge in [-0.05, 0) is 13.8 Å². The van der Waals surface area contributed by atoms with Gasteiger partial charge in [0.05, 0.1) is 18.8 Å². The minimum Gasteiger partial charge on any atom is -0.455 e. The van der Waals surface area contributed by atoms with E-state index in [0.717, 1.165) is 13.1 Å². The van der Waals surface area contributed by atoms with Crippen molar-refractivity contribution in [2.24, 2.45) is 0 Å². The zero-order valence-corrected chi connectivity index (χ0v) is 10.6. The second kappa shape index (κ2) is 5.92. The number of aromatic nitrogens is 3. The first kappa shape index (κ1) is 13.0. The van der Waals surface area contributed by atoms with E-state index in [1.54, 1.807) is 17.8 Å². The standard InChI is InChI=1S/C11H18N4O3/c1-3-17-7-8(2)18-11(16)10-6-15(14-13-10)9-4-12-5-9/h6,8-9,12H,3-5,7H2,1-2H3. The fourth-order valence-corrected chi connectivity index (χ4v) is 1.57. The molecule has 18 heavy (non-hydrogen) atoms. The molecule has 0 aromatic carbocycles. The quantitative estimate of drug-likeness (QED) is 0.720. The van der Waals surface area contributed by atoms with Crippen LogP contribution < -0.4 is 5.32 Å². The lowest BCUT2D eigenvalue weighted by molar-refractivity contribution is 0.00386. The van der Waals surface area contributed by atoms with Crippen LogP contribution in [0.4, 0.5) is 0 Å². The van der Waals surface area contributed by atoms with Crippen LogP contribution in [0.5, 0.6) is 0 Å². The van der Waals surface area contributed by atoms with Crippen LogP contribution in [0.3, 0.4) is 0 Å². The molecule has 0 saturated carbocycles. The van der Waals surface area contributed by atoms with Gasteiger partial charge in [0.1, 0.15) is 6.10 Å². The van der Waals surface area contributed by atoms with Crippen LogP contribution in [-0.4, -0.2) is 53.4 Å². The Morgan fingerprint density at radius 2 is 2.44 bits per heavy atom. The van der Waals surface area contributed by atoms with E-state index in [-0.39, 0.29) is 11.8 Å². The lowest BCUT2D eigenvalue weighted by Gasteiger charge is -2.26. The third kappa shape index (κ3) is 3.05. The van der Waals surface area contributed by atoms with Gasteiger partial charge in [0.15, 0.2) is 5.69 Å². The first-order valence-corrected chi connectivity index (χ1v) is 6.12. The molecule has 1 aliphatic rings. The number of esters is 1. The molecule has 7 heteroatoms. The summed E-state index contributed by atoms with van der Waals surface area (Å²) < 4.78 is 12.1. The van der Waals surface area contributed by atoms with E-state index < -0.39 is 5.97 Å². The lowest BCUT2D eigenvalue weighted by atomic mass is 10.2. The number of hydrogen-bond acceptors (Lipinski definition) is 6. The smallest absolute Gasteiger partial charge is 0.360 e. The first-order chi connectivity index (χ1) is 8.70. The van der Waals surface area contributed by atoms with Crippen LogP contribution in [-0.2, 0) is 9.47 Å². The Labute approximate surface area is 105 Å². The van der Waals surface area contributed by atoms with Gasteiger partial charge in [-0.25, -0.2) is 9.48 Å². The van der Waals surface area contributed by atoms with Gasteiger partial charge < -0.3 is 14.8 Å². The Kier molecular flexibility index (Phi) is 4.27. The zero-order valence-electron chi connectivity index (χ0n) is 10.6. The topological polar surface area (TPSA) is 78.3 Å². The third-order valence-electron chi connectivity index (χ3n) is 2.72. The van der Waals surface area contributed by atoms with E-state index in [4.69, 9.17) is 9.47 Å².